The molecule has 9 heteroatoms. The number of nitrogens with zero attached hydrogens (tertiary/aromatic N) is 1. The Bertz CT molecular complexity index is 1020. The van der Waals surface area contributed by atoms with Crippen LogP contribution in [-0.4, -0.2) is 32.0 Å². The highest BCUT2D eigenvalue weighted by Crippen LogP contribution is 2.36. The average molecular weight is 399 g/mol. The van der Waals surface area contributed by atoms with Crippen molar-refractivity contribution in [2.45, 2.75) is 0 Å². The zero-order valence-electron chi connectivity index (χ0n) is 15.1. The van der Waals surface area contributed by atoms with Crippen molar-refractivity contribution < 1.29 is 23.7 Å². The second-order valence-corrected chi connectivity index (χ2v) is 6.61. The van der Waals surface area contributed by atoms with Crippen LogP contribution in [0.5, 0.6) is 23.0 Å². The lowest BCUT2D eigenvalue weighted by Crippen LogP contribution is -2.19. The Balaban J connectivity index is 1.47. The summed E-state index contributed by atoms with van der Waals surface area (Å²) >= 11 is 1.31. The highest BCUT2D eigenvalue weighted by molar-refractivity contribution is 7.14. The third-order valence-electron chi connectivity index (χ3n) is 4.04. The number of fused-ring (bicyclic) bond motifs is 1. The molecule has 0 atom stereocenters. The van der Waals surface area contributed by atoms with Gasteiger partial charge in [-0.25, -0.2) is 9.78 Å². The number of ether oxygens (including phenoxy) is 4. The van der Waals surface area contributed by atoms with Gasteiger partial charge in [-0.3, -0.25) is 5.32 Å². The van der Waals surface area contributed by atoms with Crippen LogP contribution in [0.25, 0.3) is 11.3 Å². The van der Waals surface area contributed by atoms with Crippen LogP contribution in [-0.2, 0) is 0 Å². The molecule has 2 heterocycles. The van der Waals surface area contributed by atoms with Gasteiger partial charge in [-0.05, 0) is 30.3 Å². The molecule has 2 aromatic carbocycles. The Morgan fingerprint density at radius 3 is 2.75 bits per heavy atom. The molecular formula is C19H17N3O5S. The molecule has 0 bridgehead atoms. The fourth-order valence-electron chi connectivity index (χ4n) is 2.70. The number of hydrogen-bond donors (Lipinski definition) is 2. The summed E-state index contributed by atoms with van der Waals surface area (Å²) in [6.07, 6.45) is 0. The van der Waals surface area contributed by atoms with Crippen LogP contribution >= 0.6 is 11.3 Å². The van der Waals surface area contributed by atoms with E-state index in [-0.39, 0.29) is 6.79 Å². The largest absolute Gasteiger partial charge is 0.497 e. The van der Waals surface area contributed by atoms with Crippen molar-refractivity contribution in [3.8, 4) is 34.3 Å². The molecule has 144 valence electrons. The van der Waals surface area contributed by atoms with Gasteiger partial charge in [-0.15, -0.1) is 11.3 Å². The minimum atomic E-state index is -0.405. The van der Waals surface area contributed by atoms with Gasteiger partial charge < -0.3 is 24.3 Å². The smallest absolute Gasteiger partial charge is 0.325 e. The van der Waals surface area contributed by atoms with Crippen molar-refractivity contribution in [3.05, 3.63) is 41.8 Å². The Morgan fingerprint density at radius 1 is 1.07 bits per heavy atom. The highest BCUT2D eigenvalue weighted by Gasteiger charge is 2.16. The maximum absolute atomic E-state index is 12.3. The second-order valence-electron chi connectivity index (χ2n) is 5.75. The van der Waals surface area contributed by atoms with Crippen molar-refractivity contribution >= 4 is 28.2 Å². The number of anilines is 2. The van der Waals surface area contributed by atoms with Crippen LogP contribution in [0.2, 0.25) is 0 Å². The van der Waals surface area contributed by atoms with E-state index in [2.05, 4.69) is 15.6 Å². The predicted molar refractivity (Wildman–Crippen MR) is 106 cm³/mol. The van der Waals surface area contributed by atoms with Gasteiger partial charge in [0.25, 0.3) is 0 Å². The minimum Gasteiger partial charge on any atom is -0.497 e. The molecule has 0 unspecified atom stereocenters. The third kappa shape index (κ3) is 3.65. The summed E-state index contributed by atoms with van der Waals surface area (Å²) < 4.78 is 21.2. The number of aromatic nitrogens is 1. The average Bonchev–Trinajstić information content (AvgIpc) is 3.36. The summed E-state index contributed by atoms with van der Waals surface area (Å²) in [6.45, 7) is 0.181. The summed E-state index contributed by atoms with van der Waals surface area (Å²) in [5, 5.41) is 7.77. The minimum absolute atomic E-state index is 0.181. The van der Waals surface area contributed by atoms with E-state index in [4.69, 9.17) is 18.9 Å². The number of amides is 2. The summed E-state index contributed by atoms with van der Waals surface area (Å²) in [4.78, 5) is 16.7. The molecule has 0 fully saturated rings. The maximum atomic E-state index is 12.3. The first kappa shape index (κ1) is 17.9. The first-order valence-electron chi connectivity index (χ1n) is 8.32. The quantitative estimate of drug-likeness (QED) is 0.668. The van der Waals surface area contributed by atoms with E-state index in [1.165, 1.54) is 11.3 Å². The predicted octanol–water partition coefficient (Wildman–Crippen LogP) is 4.20. The molecule has 2 amide bonds. The van der Waals surface area contributed by atoms with Crippen molar-refractivity contribution in [2.24, 2.45) is 0 Å². The molecule has 2 N–H and O–H groups in total. The molecule has 8 nitrogen and oxygen atoms in total. The Morgan fingerprint density at radius 2 is 1.93 bits per heavy atom. The molecule has 0 saturated carbocycles. The number of thiazole rings is 1. The monoisotopic (exact) mass is 399 g/mol. The van der Waals surface area contributed by atoms with Crippen molar-refractivity contribution in [1.82, 2.24) is 4.98 Å². The standard InChI is InChI=1S/C19H17N3O5S/c1-24-12-4-6-15(25-2)13(8-12)14-9-28-19(21-14)22-18(23)20-11-3-5-16-17(7-11)27-10-26-16/h3-9H,10H2,1-2H3,(H2,20,21,22,23). The number of carbonyl (C=O) groups excluding carboxylic acids is 1. The van der Waals surface area contributed by atoms with Gasteiger partial charge >= 0.3 is 6.03 Å². The molecule has 1 aromatic heterocycles. The number of urea groups is 1. The molecule has 3 aromatic rings. The lowest BCUT2D eigenvalue weighted by molar-refractivity contribution is 0.174. The second kappa shape index (κ2) is 7.65. The van der Waals surface area contributed by atoms with E-state index in [1.54, 1.807) is 32.4 Å². The molecule has 0 spiro atoms. The summed E-state index contributed by atoms with van der Waals surface area (Å²) in [6, 6.07) is 10.2. The van der Waals surface area contributed by atoms with Crippen LogP contribution in [0.3, 0.4) is 0 Å². The van der Waals surface area contributed by atoms with Gasteiger partial charge in [0.05, 0.1) is 19.9 Å². The summed E-state index contributed by atoms with van der Waals surface area (Å²) in [5.74, 6) is 2.61. The topological polar surface area (TPSA) is 90.9 Å². The Hall–Kier alpha value is -3.46. The molecule has 1 aliphatic heterocycles. The van der Waals surface area contributed by atoms with E-state index in [0.717, 1.165) is 5.56 Å². The zero-order chi connectivity index (χ0) is 19.5. The van der Waals surface area contributed by atoms with Gasteiger partial charge in [0, 0.05) is 22.7 Å². The van der Waals surface area contributed by atoms with Crippen molar-refractivity contribution in [3.63, 3.8) is 0 Å². The van der Waals surface area contributed by atoms with E-state index in [9.17, 15) is 4.79 Å². The van der Waals surface area contributed by atoms with Gasteiger partial charge in [0.1, 0.15) is 11.5 Å². The lowest BCUT2D eigenvalue weighted by atomic mass is 10.1. The van der Waals surface area contributed by atoms with E-state index >= 15 is 0 Å². The molecule has 28 heavy (non-hydrogen) atoms. The number of nitrogens with one attached hydrogen (secondary N) is 2. The fraction of sp³-hybridized carbons (Fsp3) is 0.158. The number of hydrogen-bond acceptors (Lipinski definition) is 7. The van der Waals surface area contributed by atoms with Crippen LogP contribution in [0.15, 0.2) is 41.8 Å². The number of methoxy groups -OCH3 is 2. The van der Waals surface area contributed by atoms with Crippen molar-refractivity contribution in [2.75, 3.05) is 31.6 Å². The van der Waals surface area contributed by atoms with Gasteiger partial charge in [0.2, 0.25) is 6.79 Å². The normalized spacial score (nSPS) is 11.8. The SMILES string of the molecule is COc1ccc(OC)c(-c2csc(NC(=O)Nc3ccc4c(c3)OCO4)n2)c1. The van der Waals surface area contributed by atoms with E-state index in [0.29, 0.717) is 39.5 Å². The van der Waals surface area contributed by atoms with Gasteiger partial charge in [0.15, 0.2) is 16.6 Å². The number of carbonyl (C=O) groups is 1. The van der Waals surface area contributed by atoms with Gasteiger partial charge in [-0.1, -0.05) is 0 Å². The first-order valence-corrected chi connectivity index (χ1v) is 9.20. The Kier molecular flexibility index (Phi) is 4.90. The maximum Gasteiger partial charge on any atom is 0.325 e. The number of benzene rings is 2. The van der Waals surface area contributed by atoms with E-state index < -0.39 is 6.03 Å². The van der Waals surface area contributed by atoms with Crippen LogP contribution in [0, 0.1) is 0 Å². The highest BCUT2D eigenvalue weighted by atomic mass is 32.1. The molecule has 0 saturated heterocycles. The summed E-state index contributed by atoms with van der Waals surface area (Å²) in [7, 11) is 3.19. The molecule has 0 aliphatic carbocycles. The van der Waals surface area contributed by atoms with E-state index in [1.807, 2.05) is 23.6 Å². The molecule has 4 rings (SSSR count). The lowest BCUT2D eigenvalue weighted by Gasteiger charge is -2.08. The van der Waals surface area contributed by atoms with Crippen LogP contribution in [0.1, 0.15) is 0 Å². The molecule has 1 aliphatic rings. The van der Waals surface area contributed by atoms with Gasteiger partial charge in [-0.2, -0.15) is 0 Å². The third-order valence-corrected chi connectivity index (χ3v) is 4.80. The van der Waals surface area contributed by atoms with Crippen LogP contribution < -0.4 is 29.6 Å². The molecular weight excluding hydrogens is 382 g/mol. The van der Waals surface area contributed by atoms with Crippen molar-refractivity contribution in [1.29, 1.82) is 0 Å². The zero-order valence-corrected chi connectivity index (χ0v) is 16.0. The molecule has 0 radical (unpaired) electrons. The Labute approximate surface area is 165 Å². The summed E-state index contributed by atoms with van der Waals surface area (Å²) in [5.41, 5.74) is 2.05. The number of rotatable bonds is 5. The first-order chi connectivity index (χ1) is 13.7. The van der Waals surface area contributed by atoms with Crippen LogP contribution in [0.4, 0.5) is 15.6 Å². The fourth-order valence-corrected chi connectivity index (χ4v) is 3.41.